The van der Waals surface area contributed by atoms with E-state index in [-0.39, 0.29) is 0 Å². The average molecular weight is 306 g/mol. The first-order valence-corrected chi connectivity index (χ1v) is 7.12. The van der Waals surface area contributed by atoms with E-state index in [1.807, 2.05) is 6.20 Å². The molecule has 0 amide bonds. The maximum absolute atomic E-state index is 4.03. The normalized spacial score (nSPS) is 17.9. The van der Waals surface area contributed by atoms with Crippen LogP contribution in [0, 0.1) is 0 Å². The molecule has 2 aromatic rings. The Hall–Kier alpha value is -1.13. The zero-order valence-corrected chi connectivity index (χ0v) is 11.7. The van der Waals surface area contributed by atoms with Crippen molar-refractivity contribution in [1.82, 2.24) is 15.3 Å². The predicted molar refractivity (Wildman–Crippen MR) is 75.5 cm³/mol. The number of benzene rings is 1. The van der Waals surface area contributed by atoms with Gasteiger partial charge in [-0.3, -0.25) is 0 Å². The Kier molecular flexibility index (Phi) is 3.48. The highest BCUT2D eigenvalue weighted by Crippen LogP contribution is 2.35. The molecule has 1 unspecified atom stereocenters. The summed E-state index contributed by atoms with van der Waals surface area (Å²) in [5, 5.41) is 3.63. The Balaban J connectivity index is 1.61. The van der Waals surface area contributed by atoms with Gasteiger partial charge >= 0.3 is 0 Å². The Labute approximate surface area is 115 Å². The summed E-state index contributed by atoms with van der Waals surface area (Å²) in [6.45, 7) is 0.985. The molecular formula is C14H16BrN3. The van der Waals surface area contributed by atoms with Gasteiger partial charge in [0.1, 0.15) is 0 Å². The third kappa shape index (κ3) is 2.35. The zero-order chi connectivity index (χ0) is 12.4. The molecule has 1 atom stereocenters. The van der Waals surface area contributed by atoms with Crippen molar-refractivity contribution in [3.05, 3.63) is 52.0 Å². The van der Waals surface area contributed by atoms with Crippen molar-refractivity contribution in [2.24, 2.45) is 0 Å². The van der Waals surface area contributed by atoms with E-state index in [1.54, 1.807) is 6.33 Å². The minimum atomic E-state index is 0.500. The number of aromatic nitrogens is 2. The Morgan fingerprint density at radius 2 is 2.39 bits per heavy atom. The zero-order valence-electron chi connectivity index (χ0n) is 10.1. The summed E-state index contributed by atoms with van der Waals surface area (Å²) in [7, 11) is 0. The molecule has 18 heavy (non-hydrogen) atoms. The van der Waals surface area contributed by atoms with E-state index in [0.717, 1.165) is 13.0 Å². The van der Waals surface area contributed by atoms with Crippen LogP contribution in [-0.2, 0) is 12.8 Å². The lowest BCUT2D eigenvalue weighted by Gasteiger charge is -2.13. The van der Waals surface area contributed by atoms with Crippen LogP contribution < -0.4 is 5.32 Å². The molecular weight excluding hydrogens is 290 g/mol. The first kappa shape index (κ1) is 11.9. The van der Waals surface area contributed by atoms with Crippen molar-refractivity contribution in [1.29, 1.82) is 0 Å². The number of aromatic amines is 1. The summed E-state index contributed by atoms with van der Waals surface area (Å²) in [5.74, 6) is 0. The minimum absolute atomic E-state index is 0.500. The van der Waals surface area contributed by atoms with Crippen LogP contribution in [0.2, 0.25) is 0 Å². The fourth-order valence-corrected chi connectivity index (χ4v) is 3.20. The molecule has 0 aliphatic heterocycles. The van der Waals surface area contributed by atoms with Crippen LogP contribution >= 0.6 is 15.9 Å². The van der Waals surface area contributed by atoms with E-state index in [0.29, 0.717) is 6.04 Å². The van der Waals surface area contributed by atoms with Crippen LogP contribution in [0.25, 0.3) is 0 Å². The number of halogens is 1. The van der Waals surface area contributed by atoms with Crippen LogP contribution in [0.4, 0.5) is 0 Å². The lowest BCUT2D eigenvalue weighted by Crippen LogP contribution is -2.22. The van der Waals surface area contributed by atoms with Crippen molar-refractivity contribution < 1.29 is 0 Å². The summed E-state index contributed by atoms with van der Waals surface area (Å²) in [4.78, 5) is 7.16. The average Bonchev–Trinajstić information content (AvgIpc) is 3.00. The molecule has 2 N–H and O–H groups in total. The van der Waals surface area contributed by atoms with Gasteiger partial charge < -0.3 is 10.3 Å². The Morgan fingerprint density at radius 1 is 1.44 bits per heavy atom. The van der Waals surface area contributed by atoms with Gasteiger partial charge in [0.15, 0.2) is 0 Å². The number of H-pyrrole nitrogens is 1. The van der Waals surface area contributed by atoms with E-state index in [9.17, 15) is 0 Å². The van der Waals surface area contributed by atoms with E-state index < -0.39 is 0 Å². The van der Waals surface area contributed by atoms with Crippen molar-refractivity contribution >= 4 is 15.9 Å². The van der Waals surface area contributed by atoms with Gasteiger partial charge in [0.05, 0.1) is 6.33 Å². The molecule has 1 aliphatic rings. The second-order valence-electron chi connectivity index (χ2n) is 4.68. The molecule has 1 aromatic carbocycles. The first-order chi connectivity index (χ1) is 8.84. The summed E-state index contributed by atoms with van der Waals surface area (Å²) in [6, 6.07) is 6.99. The number of hydrogen-bond donors (Lipinski definition) is 2. The summed E-state index contributed by atoms with van der Waals surface area (Å²) < 4.78 is 1.25. The highest BCUT2D eigenvalue weighted by atomic mass is 79.9. The molecule has 0 spiro atoms. The molecule has 94 valence electrons. The maximum atomic E-state index is 4.03. The number of hydrogen-bond acceptors (Lipinski definition) is 2. The number of imidazole rings is 1. The quantitative estimate of drug-likeness (QED) is 0.911. The lowest BCUT2D eigenvalue weighted by atomic mass is 10.1. The van der Waals surface area contributed by atoms with Crippen molar-refractivity contribution in [3.8, 4) is 0 Å². The van der Waals surface area contributed by atoms with Gasteiger partial charge in [-0.05, 0) is 30.0 Å². The highest BCUT2D eigenvalue weighted by Gasteiger charge is 2.23. The monoisotopic (exact) mass is 305 g/mol. The van der Waals surface area contributed by atoms with E-state index in [1.165, 1.54) is 34.1 Å². The fourth-order valence-electron chi connectivity index (χ4n) is 2.62. The molecule has 1 aliphatic carbocycles. The second kappa shape index (κ2) is 5.24. The Morgan fingerprint density at radius 3 is 3.22 bits per heavy atom. The molecule has 4 heteroatoms. The Bertz CT molecular complexity index is 522. The summed E-state index contributed by atoms with van der Waals surface area (Å²) in [6.07, 6.45) is 6.98. The highest BCUT2D eigenvalue weighted by molar-refractivity contribution is 9.10. The standard InChI is InChI=1S/C14H16BrN3/c15-13-3-1-2-12-11(13)4-5-14(12)17-7-6-10-8-16-9-18-10/h1-3,8-9,14,17H,4-7H2,(H,16,18). The van der Waals surface area contributed by atoms with Crippen LogP contribution in [-0.4, -0.2) is 16.5 Å². The van der Waals surface area contributed by atoms with E-state index in [2.05, 4.69) is 49.4 Å². The molecule has 0 fully saturated rings. The van der Waals surface area contributed by atoms with Gasteiger partial charge in [-0.15, -0.1) is 0 Å². The topological polar surface area (TPSA) is 40.7 Å². The van der Waals surface area contributed by atoms with Crippen LogP contribution in [0.3, 0.4) is 0 Å². The van der Waals surface area contributed by atoms with Gasteiger partial charge in [0.2, 0.25) is 0 Å². The molecule has 0 bridgehead atoms. The second-order valence-corrected chi connectivity index (χ2v) is 5.53. The van der Waals surface area contributed by atoms with Crippen LogP contribution in [0.15, 0.2) is 35.2 Å². The molecule has 1 aromatic heterocycles. The van der Waals surface area contributed by atoms with Crippen LogP contribution in [0.5, 0.6) is 0 Å². The SMILES string of the molecule is Brc1cccc2c1CCC2NCCc1cnc[nH]1. The van der Waals surface area contributed by atoms with Crippen LogP contribution in [0.1, 0.15) is 29.3 Å². The maximum Gasteiger partial charge on any atom is 0.0921 e. The largest absolute Gasteiger partial charge is 0.348 e. The molecule has 3 rings (SSSR count). The molecule has 1 heterocycles. The fraction of sp³-hybridized carbons (Fsp3) is 0.357. The van der Waals surface area contributed by atoms with Crippen molar-refractivity contribution in [2.75, 3.05) is 6.54 Å². The van der Waals surface area contributed by atoms with E-state index in [4.69, 9.17) is 0 Å². The molecule has 3 nitrogen and oxygen atoms in total. The van der Waals surface area contributed by atoms with Gasteiger partial charge in [-0.2, -0.15) is 0 Å². The van der Waals surface area contributed by atoms with Crippen molar-refractivity contribution in [3.63, 3.8) is 0 Å². The van der Waals surface area contributed by atoms with Gasteiger partial charge in [-0.1, -0.05) is 28.1 Å². The van der Waals surface area contributed by atoms with Crippen molar-refractivity contribution in [2.45, 2.75) is 25.3 Å². The molecule has 0 saturated carbocycles. The third-order valence-corrected chi connectivity index (χ3v) is 4.30. The molecule has 0 radical (unpaired) electrons. The summed E-state index contributed by atoms with van der Waals surface area (Å²) >= 11 is 3.63. The summed E-state index contributed by atoms with van der Waals surface area (Å²) in [5.41, 5.74) is 4.11. The van der Waals surface area contributed by atoms with E-state index >= 15 is 0 Å². The minimum Gasteiger partial charge on any atom is -0.348 e. The number of nitrogens with one attached hydrogen (secondary N) is 2. The number of rotatable bonds is 4. The first-order valence-electron chi connectivity index (χ1n) is 6.32. The smallest absolute Gasteiger partial charge is 0.0921 e. The lowest BCUT2D eigenvalue weighted by molar-refractivity contribution is 0.532. The predicted octanol–water partition coefficient (Wildman–Crippen LogP) is 2.99. The number of fused-ring (bicyclic) bond motifs is 1. The molecule has 0 saturated heterocycles. The van der Waals surface area contributed by atoms with Gasteiger partial charge in [0.25, 0.3) is 0 Å². The third-order valence-electron chi connectivity index (χ3n) is 3.55. The number of nitrogens with zero attached hydrogens (tertiary/aromatic N) is 1. The van der Waals surface area contributed by atoms with Gasteiger partial charge in [-0.25, -0.2) is 4.98 Å². The van der Waals surface area contributed by atoms with Gasteiger partial charge in [0, 0.05) is 35.4 Å².